The van der Waals surface area contributed by atoms with Gasteiger partial charge in [0, 0.05) is 21.7 Å². The lowest BCUT2D eigenvalue weighted by molar-refractivity contribution is 1.15. The van der Waals surface area contributed by atoms with Crippen molar-refractivity contribution in [3.8, 4) is 0 Å². The summed E-state index contributed by atoms with van der Waals surface area (Å²) in [6, 6.07) is 16.6. The van der Waals surface area contributed by atoms with Gasteiger partial charge in [-0.15, -0.1) is 22.0 Å². The molecule has 0 radical (unpaired) electrons. The van der Waals surface area contributed by atoms with E-state index >= 15 is 0 Å². The number of thioether (sulfide) groups is 1. The second-order valence-electron chi connectivity index (χ2n) is 6.30. The van der Waals surface area contributed by atoms with Gasteiger partial charge in [0.1, 0.15) is 16.4 Å². The molecule has 4 aromatic rings. The Bertz CT molecular complexity index is 1250. The summed E-state index contributed by atoms with van der Waals surface area (Å²) in [5.74, 6) is 0.675. The molecule has 0 amide bonds. The maximum atomic E-state index is 6.24. The highest BCUT2D eigenvalue weighted by Gasteiger charge is 2.14. The molecule has 0 fully saturated rings. The molecule has 3 nitrogen and oxygen atoms in total. The van der Waals surface area contributed by atoms with E-state index in [-0.39, 0.29) is 0 Å². The first kappa shape index (κ1) is 21.8. The van der Waals surface area contributed by atoms with Gasteiger partial charge in [-0.3, -0.25) is 0 Å². The van der Waals surface area contributed by atoms with Crippen molar-refractivity contribution in [1.82, 2.24) is 4.98 Å². The SMILES string of the molecule is Clc1cc(Cl)c(N=Nc2c(SCc3ccc(Cl)c(Cl)c3)[nH]c3ccccc23)c(Cl)c1. The van der Waals surface area contributed by atoms with Crippen molar-refractivity contribution in [3.63, 3.8) is 0 Å². The van der Waals surface area contributed by atoms with E-state index in [1.54, 1.807) is 30.0 Å². The topological polar surface area (TPSA) is 40.5 Å². The molecular weight excluding hydrogens is 504 g/mol. The summed E-state index contributed by atoms with van der Waals surface area (Å²) in [6.45, 7) is 0. The first-order chi connectivity index (χ1) is 14.4. The van der Waals surface area contributed by atoms with E-state index in [9.17, 15) is 0 Å². The number of halogens is 5. The first-order valence-electron chi connectivity index (χ1n) is 8.66. The van der Waals surface area contributed by atoms with E-state index in [1.165, 1.54) is 0 Å². The highest BCUT2D eigenvalue weighted by Crippen LogP contribution is 2.41. The monoisotopic (exact) mass is 513 g/mol. The summed E-state index contributed by atoms with van der Waals surface area (Å²) in [6.07, 6.45) is 0. The van der Waals surface area contributed by atoms with Gasteiger partial charge < -0.3 is 4.98 Å². The Kier molecular flexibility index (Phi) is 6.83. The van der Waals surface area contributed by atoms with Crippen LogP contribution in [0.15, 0.2) is 69.9 Å². The van der Waals surface area contributed by atoms with Gasteiger partial charge in [-0.2, -0.15) is 0 Å². The van der Waals surface area contributed by atoms with Crippen LogP contribution in [0.1, 0.15) is 5.56 Å². The quantitative estimate of drug-likeness (QED) is 0.208. The Hall–Kier alpha value is -1.40. The molecule has 1 heterocycles. The van der Waals surface area contributed by atoms with Gasteiger partial charge in [0.15, 0.2) is 0 Å². The fourth-order valence-corrected chi connectivity index (χ4v) is 4.99. The number of nitrogens with one attached hydrogen (secondary N) is 1. The van der Waals surface area contributed by atoms with Crippen molar-refractivity contribution in [2.24, 2.45) is 10.2 Å². The van der Waals surface area contributed by atoms with E-state index in [4.69, 9.17) is 58.0 Å². The smallest absolute Gasteiger partial charge is 0.125 e. The van der Waals surface area contributed by atoms with Crippen LogP contribution in [0.4, 0.5) is 11.4 Å². The zero-order valence-electron chi connectivity index (χ0n) is 15.1. The number of rotatable bonds is 5. The van der Waals surface area contributed by atoms with Gasteiger partial charge in [0.05, 0.1) is 20.1 Å². The van der Waals surface area contributed by atoms with Gasteiger partial charge in [-0.05, 0) is 35.9 Å². The lowest BCUT2D eigenvalue weighted by atomic mass is 10.2. The molecule has 9 heteroatoms. The Morgan fingerprint density at radius 2 is 1.43 bits per heavy atom. The fourth-order valence-electron chi connectivity index (χ4n) is 2.82. The average molecular weight is 516 g/mol. The molecule has 152 valence electrons. The Balaban J connectivity index is 1.69. The van der Waals surface area contributed by atoms with E-state index in [0.29, 0.717) is 42.2 Å². The van der Waals surface area contributed by atoms with E-state index < -0.39 is 0 Å². The number of hydrogen-bond donors (Lipinski definition) is 1. The predicted octanol–water partition coefficient (Wildman–Crippen LogP) is 10.1. The number of para-hydroxylation sites is 1. The normalized spacial score (nSPS) is 11.6. The van der Waals surface area contributed by atoms with Crippen LogP contribution in [0.25, 0.3) is 10.9 Å². The summed E-state index contributed by atoms with van der Waals surface area (Å²) in [5.41, 5.74) is 3.07. The van der Waals surface area contributed by atoms with Crippen LogP contribution in [0.5, 0.6) is 0 Å². The van der Waals surface area contributed by atoms with Crippen LogP contribution in [0, 0.1) is 0 Å². The van der Waals surface area contributed by atoms with Crippen LogP contribution >= 0.6 is 69.8 Å². The molecule has 1 N–H and O–H groups in total. The number of H-pyrrole nitrogens is 1. The lowest BCUT2D eigenvalue weighted by Gasteiger charge is -2.04. The fraction of sp³-hybridized carbons (Fsp3) is 0.0476. The number of hydrogen-bond acceptors (Lipinski definition) is 3. The molecule has 30 heavy (non-hydrogen) atoms. The number of aromatic amines is 1. The summed E-state index contributed by atoms with van der Waals surface area (Å²) < 4.78 is 0. The molecule has 4 rings (SSSR count). The zero-order chi connectivity index (χ0) is 21.3. The number of aromatic nitrogens is 1. The van der Waals surface area contributed by atoms with Crippen molar-refractivity contribution in [2.75, 3.05) is 0 Å². The molecule has 0 aliphatic carbocycles. The molecule has 0 spiro atoms. The van der Waals surface area contributed by atoms with Gasteiger partial charge in [0.25, 0.3) is 0 Å². The van der Waals surface area contributed by atoms with Gasteiger partial charge in [-0.1, -0.05) is 82.3 Å². The number of fused-ring (bicyclic) bond motifs is 1. The molecule has 0 unspecified atom stereocenters. The minimum Gasteiger partial charge on any atom is -0.348 e. The standard InChI is InChI=1S/C21H12Cl5N3S/c22-12-8-16(25)20(17(26)9-12)29-28-19-13-3-1-2-4-18(13)27-21(19)30-10-11-5-6-14(23)15(24)7-11/h1-9,27H,10H2. The summed E-state index contributed by atoms with van der Waals surface area (Å²) >= 11 is 32.2. The highest BCUT2D eigenvalue weighted by molar-refractivity contribution is 7.98. The van der Waals surface area contributed by atoms with Crippen molar-refractivity contribution in [2.45, 2.75) is 10.8 Å². The molecule has 0 saturated heterocycles. The summed E-state index contributed by atoms with van der Waals surface area (Å²) in [7, 11) is 0. The summed E-state index contributed by atoms with van der Waals surface area (Å²) in [5, 5.41) is 12.8. The van der Waals surface area contributed by atoms with Crippen molar-refractivity contribution in [1.29, 1.82) is 0 Å². The van der Waals surface area contributed by atoms with Crippen LogP contribution in [-0.2, 0) is 5.75 Å². The van der Waals surface area contributed by atoms with Crippen LogP contribution in [0.2, 0.25) is 25.1 Å². The molecule has 0 atom stereocenters. The molecule has 0 saturated carbocycles. The molecule has 3 aromatic carbocycles. The molecular formula is C21H12Cl5N3S. The zero-order valence-corrected chi connectivity index (χ0v) is 19.7. The van der Waals surface area contributed by atoms with Crippen molar-refractivity contribution >= 4 is 92.0 Å². The second-order valence-corrected chi connectivity index (χ2v) is 9.35. The average Bonchev–Trinajstić information content (AvgIpc) is 3.06. The van der Waals surface area contributed by atoms with Crippen molar-refractivity contribution < 1.29 is 0 Å². The third-order valence-electron chi connectivity index (χ3n) is 4.24. The third kappa shape index (κ3) is 4.75. The molecule has 1 aromatic heterocycles. The lowest BCUT2D eigenvalue weighted by Crippen LogP contribution is -1.82. The first-order valence-corrected chi connectivity index (χ1v) is 11.5. The molecule has 0 bridgehead atoms. The van der Waals surface area contributed by atoms with Gasteiger partial charge in [-0.25, -0.2) is 0 Å². The Morgan fingerprint density at radius 1 is 0.733 bits per heavy atom. The third-order valence-corrected chi connectivity index (χ3v) is 6.84. The molecule has 0 aliphatic rings. The number of azo groups is 1. The Labute approximate surface area is 202 Å². The van der Waals surface area contributed by atoms with E-state index in [0.717, 1.165) is 21.5 Å². The second kappa shape index (κ2) is 9.39. The number of benzene rings is 3. The van der Waals surface area contributed by atoms with Crippen LogP contribution < -0.4 is 0 Å². The van der Waals surface area contributed by atoms with E-state index in [2.05, 4.69) is 15.2 Å². The van der Waals surface area contributed by atoms with Gasteiger partial charge in [0.2, 0.25) is 0 Å². The maximum Gasteiger partial charge on any atom is 0.125 e. The predicted molar refractivity (Wildman–Crippen MR) is 130 cm³/mol. The minimum atomic E-state index is 0.334. The van der Waals surface area contributed by atoms with Crippen molar-refractivity contribution in [3.05, 3.63) is 85.3 Å². The highest BCUT2D eigenvalue weighted by atomic mass is 35.5. The maximum absolute atomic E-state index is 6.24. The number of nitrogens with zero attached hydrogens (tertiary/aromatic N) is 2. The summed E-state index contributed by atoms with van der Waals surface area (Å²) in [4.78, 5) is 3.40. The van der Waals surface area contributed by atoms with Crippen LogP contribution in [0.3, 0.4) is 0 Å². The molecule has 0 aliphatic heterocycles. The minimum absolute atomic E-state index is 0.334. The van der Waals surface area contributed by atoms with E-state index in [1.807, 2.05) is 36.4 Å². The Morgan fingerprint density at radius 3 is 2.17 bits per heavy atom. The van der Waals surface area contributed by atoms with Crippen LogP contribution in [-0.4, -0.2) is 4.98 Å². The largest absolute Gasteiger partial charge is 0.348 e. The van der Waals surface area contributed by atoms with Gasteiger partial charge >= 0.3 is 0 Å².